The van der Waals surface area contributed by atoms with Crippen LogP contribution in [0.4, 0.5) is 0 Å². The molecule has 10 nitrogen and oxygen atoms in total. The molecule has 1 aromatic carbocycles. The van der Waals surface area contributed by atoms with E-state index < -0.39 is 41.5 Å². The largest absolute Gasteiger partial charge is 0.356 e. The standard InChI is InChI=1S/C28H36ClN5O5/c1-28(2,3)14-22(33-23(35)9-5-16-4-6-19(29)12-18(16)15-30)26(38)34-21(13-17-10-11-31-25(17)37)24(36)27(39)32-20-7-8-20/h4,6,12,17,20-22H,5,7-11,13-14H2,1-3H3,(H,31,37)(H,32,39)(H,33,35)(H,34,38)/t17?,21?,22-/m0/s1. The summed E-state index contributed by atoms with van der Waals surface area (Å²) < 4.78 is 0. The van der Waals surface area contributed by atoms with Crippen molar-refractivity contribution >= 4 is 41.0 Å². The summed E-state index contributed by atoms with van der Waals surface area (Å²) >= 11 is 5.95. The van der Waals surface area contributed by atoms with E-state index >= 15 is 0 Å². The minimum Gasteiger partial charge on any atom is -0.356 e. The van der Waals surface area contributed by atoms with Gasteiger partial charge in [-0.05, 0) is 61.6 Å². The molecule has 1 aliphatic carbocycles. The molecule has 1 saturated carbocycles. The normalized spacial score (nSPS) is 18.3. The zero-order chi connectivity index (χ0) is 28.7. The van der Waals surface area contributed by atoms with Crippen molar-refractivity contribution in [2.24, 2.45) is 11.3 Å². The van der Waals surface area contributed by atoms with E-state index in [0.717, 1.165) is 12.8 Å². The first-order valence-corrected chi connectivity index (χ1v) is 13.6. The average Bonchev–Trinajstić information content (AvgIpc) is 3.59. The number of nitriles is 1. The van der Waals surface area contributed by atoms with Gasteiger partial charge >= 0.3 is 0 Å². The lowest BCUT2D eigenvalue weighted by atomic mass is 9.87. The Hall–Kier alpha value is -3.45. The van der Waals surface area contributed by atoms with Crippen LogP contribution in [0.15, 0.2) is 18.2 Å². The summed E-state index contributed by atoms with van der Waals surface area (Å²) in [5.41, 5.74) is 0.685. The van der Waals surface area contributed by atoms with Crippen LogP contribution in [0.25, 0.3) is 0 Å². The van der Waals surface area contributed by atoms with E-state index in [-0.39, 0.29) is 43.0 Å². The number of ketones is 1. The first-order chi connectivity index (χ1) is 18.4. The number of halogens is 1. The molecule has 4 amide bonds. The molecule has 39 heavy (non-hydrogen) atoms. The van der Waals surface area contributed by atoms with Gasteiger partial charge in [-0.2, -0.15) is 5.26 Å². The van der Waals surface area contributed by atoms with Gasteiger partial charge in [0.1, 0.15) is 6.04 Å². The molecule has 1 aliphatic heterocycles. The van der Waals surface area contributed by atoms with Gasteiger partial charge in [0.2, 0.25) is 23.5 Å². The Morgan fingerprint density at radius 1 is 1.13 bits per heavy atom. The number of nitrogens with one attached hydrogen (secondary N) is 4. The number of rotatable bonds is 12. The Balaban J connectivity index is 1.70. The lowest BCUT2D eigenvalue weighted by molar-refractivity contribution is -0.141. The van der Waals surface area contributed by atoms with Crippen LogP contribution in [-0.2, 0) is 30.4 Å². The molecule has 4 N–H and O–H groups in total. The van der Waals surface area contributed by atoms with Crippen molar-refractivity contribution < 1.29 is 24.0 Å². The minimum absolute atomic E-state index is 0.00180. The molecule has 210 valence electrons. The van der Waals surface area contributed by atoms with Crippen LogP contribution >= 0.6 is 11.6 Å². The highest BCUT2D eigenvalue weighted by Crippen LogP contribution is 2.23. The highest BCUT2D eigenvalue weighted by atomic mass is 35.5. The first kappa shape index (κ1) is 30.1. The van der Waals surface area contributed by atoms with Crippen molar-refractivity contribution in [2.75, 3.05) is 6.54 Å². The fourth-order valence-corrected chi connectivity index (χ4v) is 4.68. The third-order valence-electron chi connectivity index (χ3n) is 6.73. The third-order valence-corrected chi connectivity index (χ3v) is 6.97. The summed E-state index contributed by atoms with van der Waals surface area (Å²) in [5.74, 6) is -3.31. The number of hydrogen-bond acceptors (Lipinski definition) is 6. The predicted octanol–water partition coefficient (Wildman–Crippen LogP) is 1.92. The van der Waals surface area contributed by atoms with E-state index in [1.165, 1.54) is 6.07 Å². The highest BCUT2D eigenvalue weighted by Gasteiger charge is 2.37. The number of carbonyl (C=O) groups is 5. The highest BCUT2D eigenvalue weighted by molar-refractivity contribution is 6.38. The Morgan fingerprint density at radius 2 is 1.85 bits per heavy atom. The van der Waals surface area contributed by atoms with Crippen LogP contribution < -0.4 is 21.3 Å². The van der Waals surface area contributed by atoms with E-state index in [2.05, 4.69) is 27.3 Å². The lowest BCUT2D eigenvalue weighted by Crippen LogP contribution is -2.55. The summed E-state index contributed by atoms with van der Waals surface area (Å²) in [6, 6.07) is 4.72. The van der Waals surface area contributed by atoms with Crippen LogP contribution in [0.3, 0.4) is 0 Å². The maximum atomic E-state index is 13.4. The molecule has 1 saturated heterocycles. The molecule has 0 bridgehead atoms. The number of carbonyl (C=O) groups excluding carboxylic acids is 5. The van der Waals surface area contributed by atoms with Gasteiger partial charge in [0.05, 0.1) is 17.7 Å². The van der Waals surface area contributed by atoms with Crippen LogP contribution in [0.2, 0.25) is 5.02 Å². The predicted molar refractivity (Wildman–Crippen MR) is 144 cm³/mol. The van der Waals surface area contributed by atoms with Gasteiger partial charge in [0.25, 0.3) is 5.91 Å². The fraction of sp³-hybridized carbons (Fsp3) is 0.571. The summed E-state index contributed by atoms with van der Waals surface area (Å²) in [5, 5.41) is 20.6. The van der Waals surface area contributed by atoms with Crippen molar-refractivity contribution in [2.45, 2.75) is 83.8 Å². The van der Waals surface area contributed by atoms with Gasteiger partial charge in [-0.25, -0.2) is 0 Å². The quantitative estimate of drug-likeness (QED) is 0.287. The number of hydrogen-bond donors (Lipinski definition) is 4. The Labute approximate surface area is 233 Å². The van der Waals surface area contributed by atoms with Crippen LogP contribution in [0.1, 0.15) is 70.4 Å². The molecule has 2 unspecified atom stereocenters. The minimum atomic E-state index is -1.20. The summed E-state index contributed by atoms with van der Waals surface area (Å²) in [7, 11) is 0. The van der Waals surface area contributed by atoms with E-state index in [1.54, 1.807) is 12.1 Å². The Kier molecular flexibility index (Phi) is 10.1. The summed E-state index contributed by atoms with van der Waals surface area (Å²) in [4.78, 5) is 64.0. The second-order valence-corrected chi connectivity index (χ2v) is 11.9. The molecule has 0 aromatic heterocycles. The molecule has 2 fully saturated rings. The number of amides is 4. The monoisotopic (exact) mass is 557 g/mol. The maximum Gasteiger partial charge on any atom is 0.289 e. The van der Waals surface area contributed by atoms with Crippen molar-refractivity contribution in [1.29, 1.82) is 5.26 Å². The zero-order valence-electron chi connectivity index (χ0n) is 22.6. The van der Waals surface area contributed by atoms with Crippen LogP contribution in [0, 0.1) is 22.7 Å². The summed E-state index contributed by atoms with van der Waals surface area (Å²) in [6.07, 6.45) is 2.67. The van der Waals surface area contributed by atoms with Crippen molar-refractivity contribution in [3.05, 3.63) is 34.3 Å². The van der Waals surface area contributed by atoms with Crippen LogP contribution in [0.5, 0.6) is 0 Å². The molecule has 0 spiro atoms. The smallest absolute Gasteiger partial charge is 0.289 e. The van der Waals surface area contributed by atoms with Gasteiger partial charge in [0, 0.05) is 29.9 Å². The Bertz CT molecular complexity index is 1170. The molecule has 3 rings (SSSR count). The molecule has 2 aliphatic rings. The van der Waals surface area contributed by atoms with Gasteiger partial charge < -0.3 is 21.3 Å². The third kappa shape index (κ3) is 9.36. The number of nitrogens with zero attached hydrogens (tertiary/aromatic N) is 1. The van der Waals surface area contributed by atoms with Gasteiger partial charge in [-0.1, -0.05) is 38.4 Å². The Morgan fingerprint density at radius 3 is 2.44 bits per heavy atom. The average molecular weight is 558 g/mol. The van der Waals surface area contributed by atoms with Gasteiger partial charge in [0.15, 0.2) is 0 Å². The van der Waals surface area contributed by atoms with E-state index in [1.807, 2.05) is 20.8 Å². The maximum absolute atomic E-state index is 13.4. The second kappa shape index (κ2) is 13.1. The molecular formula is C28H36ClN5O5. The lowest BCUT2D eigenvalue weighted by Gasteiger charge is -2.28. The molecule has 11 heteroatoms. The number of benzene rings is 1. The van der Waals surface area contributed by atoms with Crippen molar-refractivity contribution in [3.8, 4) is 6.07 Å². The van der Waals surface area contributed by atoms with Crippen molar-refractivity contribution in [1.82, 2.24) is 21.3 Å². The van der Waals surface area contributed by atoms with E-state index in [9.17, 15) is 29.2 Å². The van der Waals surface area contributed by atoms with Crippen molar-refractivity contribution in [3.63, 3.8) is 0 Å². The topological polar surface area (TPSA) is 157 Å². The first-order valence-electron chi connectivity index (χ1n) is 13.3. The molecule has 1 aromatic rings. The second-order valence-electron chi connectivity index (χ2n) is 11.5. The van der Waals surface area contributed by atoms with E-state index in [0.29, 0.717) is 29.1 Å². The molecule has 3 atom stereocenters. The summed E-state index contributed by atoms with van der Waals surface area (Å²) in [6.45, 7) is 6.22. The zero-order valence-corrected chi connectivity index (χ0v) is 23.3. The van der Waals surface area contributed by atoms with Gasteiger partial charge in [-0.3, -0.25) is 24.0 Å². The number of Topliss-reactive ketones (excluding diaryl/α,β-unsaturated/α-hetero) is 1. The molecular weight excluding hydrogens is 522 g/mol. The molecule has 0 radical (unpaired) electrons. The van der Waals surface area contributed by atoms with Gasteiger partial charge in [-0.15, -0.1) is 0 Å². The number of aryl methyl sites for hydroxylation is 1. The SMILES string of the molecule is CC(C)(C)C[C@H](NC(=O)CCc1ccc(Cl)cc1C#N)C(=O)NC(CC1CCNC1=O)C(=O)C(=O)NC1CC1. The van der Waals surface area contributed by atoms with E-state index in [4.69, 9.17) is 11.6 Å². The van der Waals surface area contributed by atoms with Crippen LogP contribution in [-0.4, -0.2) is 54.1 Å². The fourth-order valence-electron chi connectivity index (χ4n) is 4.51. The molecule has 1 heterocycles.